The van der Waals surface area contributed by atoms with Crippen molar-refractivity contribution >= 4 is 5.91 Å². The fraction of sp³-hybridized carbons (Fsp3) is 0.333. The Morgan fingerprint density at radius 1 is 1.11 bits per heavy atom. The predicted octanol–water partition coefficient (Wildman–Crippen LogP) is 5.01. The predicted molar refractivity (Wildman–Crippen MR) is 112 cm³/mol. The zero-order valence-corrected chi connectivity index (χ0v) is 16.4. The maximum atomic E-state index is 13.4. The lowest BCUT2D eigenvalue weighted by molar-refractivity contribution is 0.0679. The summed E-state index contributed by atoms with van der Waals surface area (Å²) in [5.41, 5.74) is 4.01. The zero-order valence-electron chi connectivity index (χ0n) is 16.4. The van der Waals surface area contributed by atoms with Gasteiger partial charge in [0, 0.05) is 37.0 Å². The molecule has 1 fully saturated rings. The van der Waals surface area contributed by atoms with Crippen LogP contribution in [0.3, 0.4) is 0 Å². The Bertz CT molecular complexity index is 928. The van der Waals surface area contributed by atoms with E-state index in [1.54, 1.807) is 0 Å². The third-order valence-electron chi connectivity index (χ3n) is 5.61. The maximum absolute atomic E-state index is 13.4. The molecule has 1 amide bonds. The molecule has 2 aromatic carbocycles. The van der Waals surface area contributed by atoms with Crippen molar-refractivity contribution < 1.29 is 4.79 Å². The highest BCUT2D eigenvalue weighted by Crippen LogP contribution is 2.29. The van der Waals surface area contributed by atoms with E-state index in [0.29, 0.717) is 12.5 Å². The van der Waals surface area contributed by atoms with Crippen LogP contribution >= 0.6 is 0 Å². The fourth-order valence-electron chi connectivity index (χ4n) is 3.71. The van der Waals surface area contributed by atoms with Crippen molar-refractivity contribution in [1.29, 1.82) is 0 Å². The van der Waals surface area contributed by atoms with Crippen molar-refractivity contribution in [2.45, 2.75) is 39.3 Å². The molecule has 1 saturated carbocycles. The van der Waals surface area contributed by atoms with Gasteiger partial charge in [0.2, 0.25) is 0 Å². The number of benzene rings is 2. The molecule has 1 aliphatic carbocycles. The second-order valence-corrected chi connectivity index (χ2v) is 7.63. The summed E-state index contributed by atoms with van der Waals surface area (Å²) in [6.07, 6.45) is 7.64. The van der Waals surface area contributed by atoms with Crippen LogP contribution in [-0.4, -0.2) is 27.1 Å². The highest BCUT2D eigenvalue weighted by molar-refractivity contribution is 5.95. The van der Waals surface area contributed by atoms with Crippen LogP contribution in [0, 0.1) is 5.92 Å². The van der Waals surface area contributed by atoms with Crippen molar-refractivity contribution in [2.24, 2.45) is 5.92 Å². The Labute approximate surface area is 166 Å². The topological polar surface area (TPSA) is 38.1 Å². The van der Waals surface area contributed by atoms with Crippen molar-refractivity contribution in [2.75, 3.05) is 6.54 Å². The van der Waals surface area contributed by atoms with E-state index in [1.165, 1.54) is 24.8 Å². The van der Waals surface area contributed by atoms with Gasteiger partial charge in [0.05, 0.1) is 6.20 Å². The Kier molecular flexibility index (Phi) is 5.56. The van der Waals surface area contributed by atoms with Gasteiger partial charge in [-0.15, -0.1) is 0 Å². The molecule has 3 aromatic rings. The number of hydrogen-bond donors (Lipinski definition) is 0. The van der Waals surface area contributed by atoms with E-state index < -0.39 is 0 Å². The molecule has 0 saturated heterocycles. The summed E-state index contributed by atoms with van der Waals surface area (Å²) < 4.78 is 1.90. The molecule has 0 unspecified atom stereocenters. The van der Waals surface area contributed by atoms with Gasteiger partial charge in [-0.05, 0) is 48.9 Å². The smallest absolute Gasteiger partial charge is 0.254 e. The molecule has 0 atom stereocenters. The monoisotopic (exact) mass is 373 g/mol. The molecule has 0 bridgehead atoms. The van der Waals surface area contributed by atoms with E-state index >= 15 is 0 Å². The first-order chi connectivity index (χ1) is 13.7. The van der Waals surface area contributed by atoms with E-state index in [1.807, 2.05) is 64.4 Å². The van der Waals surface area contributed by atoms with Crippen LogP contribution in [0.1, 0.15) is 42.1 Å². The number of aryl methyl sites for hydroxylation is 1. The number of carbonyl (C=O) groups excluding carboxylic acids is 1. The molecule has 1 aromatic heterocycles. The van der Waals surface area contributed by atoms with Gasteiger partial charge in [-0.1, -0.05) is 48.9 Å². The van der Waals surface area contributed by atoms with Gasteiger partial charge in [0.1, 0.15) is 0 Å². The molecule has 0 aliphatic heterocycles. The number of rotatable bonds is 7. The van der Waals surface area contributed by atoms with Crippen LogP contribution in [0.5, 0.6) is 0 Å². The Balaban J connectivity index is 1.57. The first kappa shape index (κ1) is 18.5. The quantitative estimate of drug-likeness (QED) is 0.584. The molecular weight excluding hydrogens is 346 g/mol. The fourth-order valence-corrected chi connectivity index (χ4v) is 3.71. The van der Waals surface area contributed by atoms with Gasteiger partial charge in [0.25, 0.3) is 5.91 Å². The highest BCUT2D eigenvalue weighted by atomic mass is 16.2. The lowest BCUT2D eigenvalue weighted by Gasteiger charge is -2.32. The molecule has 4 heteroatoms. The summed E-state index contributed by atoms with van der Waals surface area (Å²) in [6.45, 7) is 4.41. The maximum Gasteiger partial charge on any atom is 0.254 e. The van der Waals surface area contributed by atoms with E-state index in [-0.39, 0.29) is 5.91 Å². The molecule has 1 aliphatic rings. The van der Waals surface area contributed by atoms with Crippen LogP contribution in [0.4, 0.5) is 0 Å². The first-order valence-corrected chi connectivity index (χ1v) is 10.2. The molecule has 0 spiro atoms. The van der Waals surface area contributed by atoms with Gasteiger partial charge in [-0.2, -0.15) is 5.10 Å². The highest BCUT2D eigenvalue weighted by Gasteiger charge is 2.24. The van der Waals surface area contributed by atoms with Crippen LogP contribution in [0.2, 0.25) is 0 Å². The van der Waals surface area contributed by atoms with Gasteiger partial charge < -0.3 is 4.90 Å². The van der Waals surface area contributed by atoms with Crippen LogP contribution in [-0.2, 0) is 13.1 Å². The number of nitrogens with zero attached hydrogens (tertiary/aromatic N) is 3. The second-order valence-electron chi connectivity index (χ2n) is 7.63. The standard InChI is InChI=1S/C24H27N3O/c1-2-27-18-23(15-25-27)21-12-7-13-22(14-21)24(28)26(17-20-10-6-11-20)16-19-8-4-3-5-9-19/h3-5,7-9,12-15,18,20H,2,6,10-11,16-17H2,1H3. The molecule has 144 valence electrons. The average molecular weight is 374 g/mol. The third kappa shape index (κ3) is 4.16. The number of hydrogen-bond acceptors (Lipinski definition) is 2. The van der Waals surface area contributed by atoms with Crippen molar-refractivity contribution in [3.63, 3.8) is 0 Å². The van der Waals surface area contributed by atoms with E-state index in [2.05, 4.69) is 24.2 Å². The molecule has 0 radical (unpaired) electrons. The van der Waals surface area contributed by atoms with E-state index in [9.17, 15) is 4.79 Å². The van der Waals surface area contributed by atoms with Gasteiger partial charge in [-0.3, -0.25) is 9.48 Å². The number of amides is 1. The van der Waals surface area contributed by atoms with Crippen LogP contribution in [0.15, 0.2) is 67.0 Å². The lowest BCUT2D eigenvalue weighted by Crippen LogP contribution is -2.37. The summed E-state index contributed by atoms with van der Waals surface area (Å²) in [5.74, 6) is 0.749. The molecular formula is C24H27N3O. The zero-order chi connectivity index (χ0) is 19.3. The summed E-state index contributed by atoms with van der Waals surface area (Å²) in [5, 5.41) is 4.36. The summed E-state index contributed by atoms with van der Waals surface area (Å²) >= 11 is 0. The summed E-state index contributed by atoms with van der Waals surface area (Å²) in [7, 11) is 0. The van der Waals surface area contributed by atoms with Crippen molar-refractivity contribution in [3.05, 3.63) is 78.1 Å². The minimum Gasteiger partial charge on any atom is -0.334 e. The summed E-state index contributed by atoms with van der Waals surface area (Å²) in [6, 6.07) is 18.2. The van der Waals surface area contributed by atoms with Gasteiger partial charge >= 0.3 is 0 Å². The van der Waals surface area contributed by atoms with Crippen molar-refractivity contribution in [3.8, 4) is 11.1 Å². The van der Waals surface area contributed by atoms with Gasteiger partial charge in [0.15, 0.2) is 0 Å². The molecule has 1 heterocycles. The third-order valence-corrected chi connectivity index (χ3v) is 5.61. The number of carbonyl (C=O) groups is 1. The minimum atomic E-state index is 0.112. The molecule has 4 nitrogen and oxygen atoms in total. The van der Waals surface area contributed by atoms with E-state index in [0.717, 1.165) is 29.8 Å². The second kappa shape index (κ2) is 8.42. The Morgan fingerprint density at radius 2 is 1.93 bits per heavy atom. The lowest BCUT2D eigenvalue weighted by atomic mass is 9.85. The Hall–Kier alpha value is -2.88. The van der Waals surface area contributed by atoms with Gasteiger partial charge in [-0.25, -0.2) is 0 Å². The average Bonchev–Trinajstić information content (AvgIpc) is 3.19. The Morgan fingerprint density at radius 3 is 2.61 bits per heavy atom. The summed E-state index contributed by atoms with van der Waals surface area (Å²) in [4.78, 5) is 15.4. The first-order valence-electron chi connectivity index (χ1n) is 10.2. The van der Waals surface area contributed by atoms with Crippen molar-refractivity contribution in [1.82, 2.24) is 14.7 Å². The minimum absolute atomic E-state index is 0.112. The SMILES string of the molecule is CCn1cc(-c2cccc(C(=O)N(Cc3ccccc3)CC3CCC3)c2)cn1. The largest absolute Gasteiger partial charge is 0.334 e. The molecule has 0 N–H and O–H groups in total. The normalized spacial score (nSPS) is 13.9. The van der Waals surface area contributed by atoms with Crippen LogP contribution in [0.25, 0.3) is 11.1 Å². The van der Waals surface area contributed by atoms with Crippen LogP contribution < -0.4 is 0 Å². The number of aromatic nitrogens is 2. The molecule has 4 rings (SSSR count). The molecule has 28 heavy (non-hydrogen) atoms. The van der Waals surface area contributed by atoms with E-state index in [4.69, 9.17) is 0 Å².